The molecule has 1 aromatic carbocycles. The molecule has 1 atom stereocenters. The summed E-state index contributed by atoms with van der Waals surface area (Å²) in [5.74, 6) is -3.62. The second-order valence-electron chi connectivity index (χ2n) is 4.54. The highest BCUT2D eigenvalue weighted by molar-refractivity contribution is 5.85. The Kier molecular flexibility index (Phi) is 4.97. The molecule has 0 fully saturated rings. The minimum Gasteiger partial charge on any atom is -0.480 e. The lowest BCUT2D eigenvalue weighted by Gasteiger charge is -2.17. The van der Waals surface area contributed by atoms with Crippen LogP contribution < -0.4 is 5.32 Å². The fourth-order valence-corrected chi connectivity index (χ4v) is 1.58. The van der Waals surface area contributed by atoms with Crippen LogP contribution in [-0.4, -0.2) is 23.0 Å². The van der Waals surface area contributed by atoms with E-state index < -0.39 is 29.6 Å². The fraction of sp³-hybridized carbons (Fsp3) is 0.385. The number of rotatable bonds is 5. The zero-order valence-electron chi connectivity index (χ0n) is 10.6. The lowest BCUT2D eigenvalue weighted by atomic mass is 10.0. The van der Waals surface area contributed by atoms with Crippen LogP contribution in [0.25, 0.3) is 0 Å². The quantitative estimate of drug-likeness (QED) is 0.857. The van der Waals surface area contributed by atoms with E-state index in [1.54, 1.807) is 13.8 Å². The van der Waals surface area contributed by atoms with Crippen molar-refractivity contribution in [3.63, 3.8) is 0 Å². The fourth-order valence-electron chi connectivity index (χ4n) is 1.58. The van der Waals surface area contributed by atoms with Gasteiger partial charge in [-0.3, -0.25) is 4.79 Å². The first-order chi connectivity index (χ1) is 8.81. The number of aliphatic carboxylic acids is 1. The molecule has 0 unspecified atom stereocenters. The van der Waals surface area contributed by atoms with Gasteiger partial charge < -0.3 is 10.4 Å². The highest BCUT2D eigenvalue weighted by Gasteiger charge is 2.23. The molecule has 0 saturated carbocycles. The predicted octanol–water partition coefficient (Wildman–Crippen LogP) is 1.73. The largest absolute Gasteiger partial charge is 0.480 e. The SMILES string of the molecule is CC(C)[C@H](NC(=O)Cc1ccc(F)cc1F)C(=O)O. The summed E-state index contributed by atoms with van der Waals surface area (Å²) in [6, 6.07) is 1.86. The van der Waals surface area contributed by atoms with Crippen molar-refractivity contribution in [1.29, 1.82) is 0 Å². The second-order valence-corrected chi connectivity index (χ2v) is 4.54. The lowest BCUT2D eigenvalue weighted by Crippen LogP contribution is -2.44. The van der Waals surface area contributed by atoms with Crippen LogP contribution in [0.15, 0.2) is 18.2 Å². The van der Waals surface area contributed by atoms with Gasteiger partial charge in [0.25, 0.3) is 0 Å². The Labute approximate surface area is 109 Å². The van der Waals surface area contributed by atoms with Gasteiger partial charge in [-0.2, -0.15) is 0 Å². The monoisotopic (exact) mass is 271 g/mol. The van der Waals surface area contributed by atoms with Gasteiger partial charge in [-0.25, -0.2) is 13.6 Å². The van der Waals surface area contributed by atoms with E-state index in [0.717, 1.165) is 12.1 Å². The molecule has 0 aliphatic rings. The smallest absolute Gasteiger partial charge is 0.326 e. The molecule has 1 aromatic rings. The number of nitrogens with one attached hydrogen (secondary N) is 1. The number of amides is 1. The van der Waals surface area contributed by atoms with Crippen LogP contribution in [0.3, 0.4) is 0 Å². The van der Waals surface area contributed by atoms with Crippen LogP contribution in [0.2, 0.25) is 0 Å². The first-order valence-corrected chi connectivity index (χ1v) is 5.77. The molecule has 1 rings (SSSR count). The number of carbonyl (C=O) groups is 2. The van der Waals surface area contributed by atoms with Gasteiger partial charge >= 0.3 is 5.97 Å². The second kappa shape index (κ2) is 6.26. The molecule has 2 N–H and O–H groups in total. The molecule has 0 spiro atoms. The summed E-state index contributed by atoms with van der Waals surface area (Å²) in [5, 5.41) is 11.2. The molecule has 0 saturated heterocycles. The highest BCUT2D eigenvalue weighted by atomic mass is 19.1. The Morgan fingerprint density at radius 2 is 1.95 bits per heavy atom. The van der Waals surface area contributed by atoms with Crippen LogP contribution in [0.1, 0.15) is 19.4 Å². The van der Waals surface area contributed by atoms with Crippen molar-refractivity contribution >= 4 is 11.9 Å². The third-order valence-corrected chi connectivity index (χ3v) is 2.62. The first kappa shape index (κ1) is 15.1. The summed E-state index contributed by atoms with van der Waals surface area (Å²) in [4.78, 5) is 22.5. The van der Waals surface area contributed by atoms with Crippen molar-refractivity contribution < 1.29 is 23.5 Å². The Bertz CT molecular complexity index is 489. The standard InChI is InChI=1S/C13H15F2NO3/c1-7(2)12(13(18)19)16-11(17)5-8-3-4-9(14)6-10(8)15/h3-4,6-7,12H,5H2,1-2H3,(H,16,17)(H,18,19)/t12-/m0/s1. The Morgan fingerprint density at radius 1 is 1.32 bits per heavy atom. The average Bonchev–Trinajstić information content (AvgIpc) is 2.29. The zero-order chi connectivity index (χ0) is 14.6. The third kappa shape index (κ3) is 4.31. The Hall–Kier alpha value is -1.98. The summed E-state index contributed by atoms with van der Waals surface area (Å²) in [6.45, 7) is 3.30. The van der Waals surface area contributed by atoms with Crippen LogP contribution in [-0.2, 0) is 16.0 Å². The number of carboxylic acid groups (broad SMARTS) is 1. The number of benzene rings is 1. The normalized spacial score (nSPS) is 12.3. The number of hydrogen-bond acceptors (Lipinski definition) is 2. The Balaban J connectivity index is 2.72. The summed E-state index contributed by atoms with van der Waals surface area (Å²) < 4.78 is 26.0. The van der Waals surface area contributed by atoms with Gasteiger partial charge in [0.2, 0.25) is 5.91 Å². The van der Waals surface area contributed by atoms with Crippen LogP contribution in [0.4, 0.5) is 8.78 Å². The van der Waals surface area contributed by atoms with Crippen molar-refractivity contribution in [2.75, 3.05) is 0 Å². The molecule has 0 bridgehead atoms. The van der Waals surface area contributed by atoms with E-state index in [0.29, 0.717) is 6.07 Å². The Morgan fingerprint density at radius 3 is 2.42 bits per heavy atom. The molecule has 6 heteroatoms. The summed E-state index contributed by atoms with van der Waals surface area (Å²) in [6.07, 6.45) is -0.331. The maximum atomic E-state index is 13.3. The van der Waals surface area contributed by atoms with E-state index in [4.69, 9.17) is 5.11 Å². The number of halogens is 2. The molecule has 0 aliphatic heterocycles. The summed E-state index contributed by atoms with van der Waals surface area (Å²) in [5.41, 5.74) is 0.0202. The molecular formula is C13H15F2NO3. The van der Waals surface area contributed by atoms with E-state index in [2.05, 4.69) is 5.32 Å². The van der Waals surface area contributed by atoms with E-state index in [9.17, 15) is 18.4 Å². The summed E-state index contributed by atoms with van der Waals surface area (Å²) >= 11 is 0. The maximum absolute atomic E-state index is 13.3. The molecule has 104 valence electrons. The molecule has 0 aromatic heterocycles. The van der Waals surface area contributed by atoms with Gasteiger partial charge in [-0.1, -0.05) is 19.9 Å². The topological polar surface area (TPSA) is 66.4 Å². The summed E-state index contributed by atoms with van der Waals surface area (Å²) in [7, 11) is 0. The van der Waals surface area contributed by atoms with Crippen molar-refractivity contribution in [3.05, 3.63) is 35.4 Å². The van der Waals surface area contributed by atoms with Gasteiger partial charge in [-0.15, -0.1) is 0 Å². The predicted molar refractivity (Wildman–Crippen MR) is 64.5 cm³/mol. The zero-order valence-corrected chi connectivity index (χ0v) is 10.6. The molecule has 0 radical (unpaired) electrons. The molecular weight excluding hydrogens is 256 g/mol. The van der Waals surface area contributed by atoms with E-state index in [1.807, 2.05) is 0 Å². The van der Waals surface area contributed by atoms with Crippen LogP contribution >= 0.6 is 0 Å². The maximum Gasteiger partial charge on any atom is 0.326 e. The first-order valence-electron chi connectivity index (χ1n) is 5.77. The molecule has 1 amide bonds. The van der Waals surface area contributed by atoms with Crippen molar-refractivity contribution in [1.82, 2.24) is 5.32 Å². The van der Waals surface area contributed by atoms with Crippen LogP contribution in [0.5, 0.6) is 0 Å². The van der Waals surface area contributed by atoms with E-state index >= 15 is 0 Å². The lowest BCUT2D eigenvalue weighted by molar-refractivity contribution is -0.143. The van der Waals surface area contributed by atoms with Gasteiger partial charge in [0, 0.05) is 6.07 Å². The van der Waals surface area contributed by atoms with E-state index in [-0.39, 0.29) is 17.9 Å². The number of carbonyl (C=O) groups excluding carboxylic acids is 1. The third-order valence-electron chi connectivity index (χ3n) is 2.62. The van der Waals surface area contributed by atoms with Gasteiger partial charge in [-0.05, 0) is 17.5 Å². The van der Waals surface area contributed by atoms with E-state index in [1.165, 1.54) is 0 Å². The van der Waals surface area contributed by atoms with Gasteiger partial charge in [0.05, 0.1) is 6.42 Å². The minimum atomic E-state index is -1.15. The minimum absolute atomic E-state index is 0.0202. The molecule has 19 heavy (non-hydrogen) atoms. The average molecular weight is 271 g/mol. The highest BCUT2D eigenvalue weighted by Crippen LogP contribution is 2.10. The molecule has 4 nitrogen and oxygen atoms in total. The molecule has 0 heterocycles. The van der Waals surface area contributed by atoms with Gasteiger partial charge in [0.1, 0.15) is 17.7 Å². The molecule has 0 aliphatic carbocycles. The van der Waals surface area contributed by atoms with Crippen molar-refractivity contribution in [2.45, 2.75) is 26.3 Å². The number of carboxylic acids is 1. The van der Waals surface area contributed by atoms with Gasteiger partial charge in [0.15, 0.2) is 0 Å². The van der Waals surface area contributed by atoms with Crippen LogP contribution in [0, 0.1) is 17.6 Å². The van der Waals surface area contributed by atoms with Crippen molar-refractivity contribution in [3.8, 4) is 0 Å². The number of hydrogen-bond donors (Lipinski definition) is 2. The van der Waals surface area contributed by atoms with Crippen molar-refractivity contribution in [2.24, 2.45) is 5.92 Å².